The first-order valence-corrected chi connectivity index (χ1v) is 10.5. The molecule has 8 heteroatoms. The summed E-state index contributed by atoms with van der Waals surface area (Å²) in [6, 6.07) is 6.37. The van der Waals surface area contributed by atoms with Crippen LogP contribution in [0.5, 0.6) is 11.5 Å². The zero-order valence-corrected chi connectivity index (χ0v) is 18.2. The minimum absolute atomic E-state index is 0.259. The summed E-state index contributed by atoms with van der Waals surface area (Å²) in [7, 11) is 0. The Morgan fingerprint density at radius 2 is 1.84 bits per heavy atom. The van der Waals surface area contributed by atoms with E-state index in [0.717, 1.165) is 22.0 Å². The van der Waals surface area contributed by atoms with Crippen molar-refractivity contribution in [1.82, 2.24) is 14.8 Å². The number of carbonyl (C=O) groups excluding carboxylic acids is 3. The number of benzene rings is 1. The summed E-state index contributed by atoms with van der Waals surface area (Å²) in [6.45, 7) is 8.48. The van der Waals surface area contributed by atoms with Crippen molar-refractivity contribution in [3.63, 3.8) is 0 Å². The number of hydrogen-bond donors (Lipinski definition) is 1. The number of urea groups is 1. The number of ether oxygens (including phenoxy) is 2. The van der Waals surface area contributed by atoms with Crippen LogP contribution in [0.25, 0.3) is 5.69 Å². The van der Waals surface area contributed by atoms with Gasteiger partial charge in [-0.1, -0.05) is 13.8 Å². The molecule has 1 atom stereocenters. The zero-order valence-electron chi connectivity index (χ0n) is 18.2. The number of imide groups is 1. The summed E-state index contributed by atoms with van der Waals surface area (Å²) >= 11 is 0. The van der Waals surface area contributed by atoms with E-state index >= 15 is 0 Å². The Morgan fingerprint density at radius 1 is 1.13 bits per heavy atom. The average molecular weight is 425 g/mol. The SMILES string of the molecule is Cc1cc(C(=O)CN2C(=O)NC(CC(C)C)C2=O)c(C)n1-c1ccc2c(c1)OCCO2. The van der Waals surface area contributed by atoms with E-state index in [9.17, 15) is 14.4 Å². The molecule has 0 aliphatic carbocycles. The van der Waals surface area contributed by atoms with Gasteiger partial charge >= 0.3 is 6.03 Å². The molecular formula is C23H27N3O5. The molecule has 1 N–H and O–H groups in total. The number of aryl methyl sites for hydroxylation is 1. The molecule has 2 aromatic rings. The highest BCUT2D eigenvalue weighted by molar-refractivity contribution is 6.09. The minimum atomic E-state index is -0.564. The summed E-state index contributed by atoms with van der Waals surface area (Å²) in [6.07, 6.45) is 0.549. The van der Waals surface area contributed by atoms with Gasteiger partial charge in [0.25, 0.3) is 5.91 Å². The van der Waals surface area contributed by atoms with Crippen molar-refractivity contribution in [2.24, 2.45) is 5.92 Å². The molecular weight excluding hydrogens is 398 g/mol. The van der Waals surface area contributed by atoms with Gasteiger partial charge in [-0.05, 0) is 44.4 Å². The van der Waals surface area contributed by atoms with Gasteiger partial charge in [0.2, 0.25) is 0 Å². The fraction of sp³-hybridized carbons (Fsp3) is 0.435. The highest BCUT2D eigenvalue weighted by Crippen LogP contribution is 2.33. The maximum Gasteiger partial charge on any atom is 0.325 e. The maximum atomic E-state index is 13.0. The van der Waals surface area contributed by atoms with Crippen LogP contribution in [0, 0.1) is 19.8 Å². The Balaban J connectivity index is 1.57. The Labute approximate surface area is 181 Å². The van der Waals surface area contributed by atoms with Crippen LogP contribution in [0.2, 0.25) is 0 Å². The number of ketones is 1. The molecule has 1 aromatic carbocycles. The molecule has 4 rings (SSSR count). The first-order valence-electron chi connectivity index (χ1n) is 10.5. The number of aromatic nitrogens is 1. The van der Waals surface area contributed by atoms with E-state index in [1.165, 1.54) is 0 Å². The molecule has 0 spiro atoms. The normalized spacial score (nSPS) is 18.0. The lowest BCUT2D eigenvalue weighted by atomic mass is 10.0. The Kier molecular flexibility index (Phi) is 5.47. The van der Waals surface area contributed by atoms with E-state index < -0.39 is 12.1 Å². The molecule has 0 saturated carbocycles. The molecule has 2 aliphatic heterocycles. The molecule has 2 aliphatic rings. The second-order valence-electron chi connectivity index (χ2n) is 8.43. The van der Waals surface area contributed by atoms with Crippen molar-refractivity contribution in [2.45, 2.75) is 40.2 Å². The van der Waals surface area contributed by atoms with Crippen LogP contribution < -0.4 is 14.8 Å². The van der Waals surface area contributed by atoms with Crippen molar-refractivity contribution < 1.29 is 23.9 Å². The second kappa shape index (κ2) is 8.09. The van der Waals surface area contributed by atoms with Gasteiger partial charge in [0.15, 0.2) is 17.3 Å². The largest absolute Gasteiger partial charge is 0.486 e. The summed E-state index contributed by atoms with van der Waals surface area (Å²) in [5, 5.41) is 2.68. The van der Waals surface area contributed by atoms with Gasteiger partial charge in [-0.25, -0.2) is 4.79 Å². The molecule has 0 bridgehead atoms. The van der Waals surface area contributed by atoms with Crippen molar-refractivity contribution in [1.29, 1.82) is 0 Å². The van der Waals surface area contributed by atoms with Crippen molar-refractivity contribution in [3.8, 4) is 17.2 Å². The van der Waals surface area contributed by atoms with Crippen LogP contribution in [0.3, 0.4) is 0 Å². The van der Waals surface area contributed by atoms with Gasteiger partial charge in [0, 0.05) is 28.7 Å². The second-order valence-corrected chi connectivity index (χ2v) is 8.43. The number of nitrogens with zero attached hydrogens (tertiary/aromatic N) is 2. The lowest BCUT2D eigenvalue weighted by molar-refractivity contribution is -0.127. The number of amides is 3. The summed E-state index contributed by atoms with van der Waals surface area (Å²) in [5.41, 5.74) is 2.95. The fourth-order valence-corrected chi connectivity index (χ4v) is 4.20. The van der Waals surface area contributed by atoms with Gasteiger partial charge in [-0.2, -0.15) is 0 Å². The quantitative estimate of drug-likeness (QED) is 0.568. The van der Waals surface area contributed by atoms with E-state index in [4.69, 9.17) is 9.47 Å². The van der Waals surface area contributed by atoms with Gasteiger partial charge in [-0.3, -0.25) is 14.5 Å². The maximum absolute atomic E-state index is 13.0. The molecule has 1 fully saturated rings. The Bertz CT molecular complexity index is 1060. The molecule has 164 valence electrons. The topological polar surface area (TPSA) is 89.9 Å². The third-order valence-corrected chi connectivity index (χ3v) is 5.63. The highest BCUT2D eigenvalue weighted by Gasteiger charge is 2.39. The monoisotopic (exact) mass is 425 g/mol. The van der Waals surface area contributed by atoms with Crippen LogP contribution >= 0.6 is 0 Å². The molecule has 8 nitrogen and oxygen atoms in total. The van der Waals surface area contributed by atoms with E-state index in [0.29, 0.717) is 36.7 Å². The molecule has 3 amide bonds. The summed E-state index contributed by atoms with van der Waals surface area (Å²) < 4.78 is 13.2. The standard InChI is InChI=1S/C23H27N3O5/c1-13(2)9-18-22(28)25(23(29)24-18)12-19(27)17-10-14(3)26(15(17)4)16-5-6-20-21(11-16)31-8-7-30-20/h5-6,10-11,13,18H,7-9,12H2,1-4H3,(H,24,29). The van der Waals surface area contributed by atoms with E-state index in [1.54, 1.807) is 6.07 Å². The average Bonchev–Trinajstić information content (AvgIpc) is 3.17. The number of nitrogens with one attached hydrogen (secondary N) is 1. The van der Waals surface area contributed by atoms with Crippen LogP contribution in [-0.2, 0) is 4.79 Å². The zero-order chi connectivity index (χ0) is 22.3. The van der Waals surface area contributed by atoms with Gasteiger partial charge in [0.05, 0.1) is 6.54 Å². The summed E-state index contributed by atoms with van der Waals surface area (Å²) in [4.78, 5) is 38.9. The number of fused-ring (bicyclic) bond motifs is 1. The van der Waals surface area contributed by atoms with Gasteiger partial charge < -0.3 is 19.4 Å². The number of carbonyl (C=O) groups is 3. The Morgan fingerprint density at radius 3 is 2.55 bits per heavy atom. The van der Waals surface area contributed by atoms with Crippen molar-refractivity contribution >= 4 is 17.7 Å². The van der Waals surface area contributed by atoms with Gasteiger partial charge in [-0.15, -0.1) is 0 Å². The molecule has 1 saturated heterocycles. The molecule has 1 unspecified atom stereocenters. The van der Waals surface area contributed by atoms with E-state index in [-0.39, 0.29) is 24.2 Å². The number of hydrogen-bond acceptors (Lipinski definition) is 5. The Hall–Kier alpha value is -3.29. The van der Waals surface area contributed by atoms with E-state index in [1.807, 2.05) is 50.5 Å². The minimum Gasteiger partial charge on any atom is -0.486 e. The predicted molar refractivity (Wildman–Crippen MR) is 114 cm³/mol. The van der Waals surface area contributed by atoms with E-state index in [2.05, 4.69) is 5.32 Å². The van der Waals surface area contributed by atoms with Gasteiger partial charge in [0.1, 0.15) is 19.3 Å². The fourth-order valence-electron chi connectivity index (χ4n) is 4.20. The van der Waals surface area contributed by atoms with Crippen LogP contribution in [-0.4, -0.2) is 53.0 Å². The number of rotatable bonds is 6. The smallest absolute Gasteiger partial charge is 0.325 e. The van der Waals surface area contributed by atoms with Crippen LogP contribution in [0.15, 0.2) is 24.3 Å². The lowest BCUT2D eigenvalue weighted by Crippen LogP contribution is -2.36. The molecule has 3 heterocycles. The van der Waals surface area contributed by atoms with Crippen LogP contribution in [0.4, 0.5) is 4.79 Å². The predicted octanol–water partition coefficient (Wildman–Crippen LogP) is 3.01. The molecule has 31 heavy (non-hydrogen) atoms. The number of Topliss-reactive ketones (excluding diaryl/α,β-unsaturated/α-hetero) is 1. The third kappa shape index (κ3) is 3.89. The first kappa shape index (κ1) is 21.0. The highest BCUT2D eigenvalue weighted by atomic mass is 16.6. The van der Waals surface area contributed by atoms with Crippen LogP contribution in [0.1, 0.15) is 42.0 Å². The summed E-state index contributed by atoms with van der Waals surface area (Å²) in [5.74, 6) is 1.01. The first-order chi connectivity index (χ1) is 14.8. The lowest BCUT2D eigenvalue weighted by Gasteiger charge is -2.20. The molecule has 0 radical (unpaired) electrons. The van der Waals surface area contributed by atoms with Crippen molar-refractivity contribution in [3.05, 3.63) is 41.2 Å². The molecule has 1 aromatic heterocycles. The van der Waals surface area contributed by atoms with Crippen molar-refractivity contribution in [2.75, 3.05) is 19.8 Å². The third-order valence-electron chi connectivity index (χ3n) is 5.63.